The maximum Gasteiger partial charge on any atom is 0.111 e. The van der Waals surface area contributed by atoms with Gasteiger partial charge < -0.3 is 24.8 Å². The van der Waals surface area contributed by atoms with Crippen molar-refractivity contribution in [3.63, 3.8) is 0 Å². The third-order valence-corrected chi connectivity index (χ3v) is 3.21. The van der Waals surface area contributed by atoms with Gasteiger partial charge in [0.1, 0.15) is 24.4 Å². The summed E-state index contributed by atoms with van der Waals surface area (Å²) >= 11 is 0. The van der Waals surface area contributed by atoms with Crippen LogP contribution in [0, 0.1) is 0 Å². The van der Waals surface area contributed by atoms with Crippen molar-refractivity contribution in [1.29, 1.82) is 0 Å². The molecule has 0 aliphatic carbocycles. The molecule has 0 spiro atoms. The van der Waals surface area contributed by atoms with Crippen LogP contribution in [-0.2, 0) is 9.47 Å². The van der Waals surface area contributed by atoms with E-state index in [0.29, 0.717) is 6.61 Å². The van der Waals surface area contributed by atoms with Crippen molar-refractivity contribution >= 4 is 0 Å². The Morgan fingerprint density at radius 1 is 1.16 bits per heavy atom. The second kappa shape index (κ2) is 9.44. The Morgan fingerprint density at radius 2 is 1.89 bits per heavy atom. The molecule has 0 aromatic rings. The van der Waals surface area contributed by atoms with Gasteiger partial charge in [-0.05, 0) is 12.8 Å². The van der Waals surface area contributed by atoms with Crippen LogP contribution < -0.4 is 0 Å². The molecular weight excluding hydrogens is 248 g/mol. The highest BCUT2D eigenvalue weighted by Crippen LogP contribution is 2.15. The predicted molar refractivity (Wildman–Crippen MR) is 71.9 cm³/mol. The first-order valence-corrected chi connectivity index (χ1v) is 7.05. The Balaban J connectivity index is 2.07. The molecule has 0 saturated carbocycles. The average molecular weight is 274 g/mol. The van der Waals surface area contributed by atoms with E-state index in [1.165, 1.54) is 12.8 Å². The zero-order valence-corrected chi connectivity index (χ0v) is 11.6. The lowest BCUT2D eigenvalue weighted by Crippen LogP contribution is -2.54. The summed E-state index contributed by atoms with van der Waals surface area (Å²) in [6.45, 7) is 2.99. The number of aliphatic hydroxyl groups is 3. The Labute approximate surface area is 114 Å². The second-order valence-corrected chi connectivity index (χ2v) is 4.90. The molecule has 5 nitrogen and oxygen atoms in total. The fourth-order valence-electron chi connectivity index (χ4n) is 1.92. The summed E-state index contributed by atoms with van der Waals surface area (Å²) in [6.07, 6.45) is 4.75. The fraction of sp³-hybridized carbons (Fsp3) is 0.857. The smallest absolute Gasteiger partial charge is 0.111 e. The van der Waals surface area contributed by atoms with E-state index in [2.05, 4.69) is 19.1 Å². The van der Waals surface area contributed by atoms with Crippen LogP contribution in [0.3, 0.4) is 0 Å². The third-order valence-electron chi connectivity index (χ3n) is 3.21. The van der Waals surface area contributed by atoms with Gasteiger partial charge >= 0.3 is 0 Å². The second-order valence-electron chi connectivity index (χ2n) is 4.90. The van der Waals surface area contributed by atoms with E-state index < -0.39 is 24.4 Å². The molecule has 1 saturated heterocycles. The zero-order valence-electron chi connectivity index (χ0n) is 11.6. The van der Waals surface area contributed by atoms with Gasteiger partial charge in [-0.3, -0.25) is 0 Å². The quantitative estimate of drug-likeness (QED) is 0.447. The SMILES string of the molecule is CCCC/C=C/CCOC[C@H]1OC[C@H](O)[C@@H](O)[C@@H]1O. The standard InChI is InChI=1S/C14H26O5/c1-2-3-4-5-6-7-8-18-10-12-14(17)13(16)11(15)9-19-12/h5-6,11-17H,2-4,7-10H2,1H3/b6-5+/t11-,12+,13+,14+/m0/s1. The summed E-state index contributed by atoms with van der Waals surface area (Å²) < 4.78 is 10.6. The van der Waals surface area contributed by atoms with Gasteiger partial charge in [-0.1, -0.05) is 31.9 Å². The summed E-state index contributed by atoms with van der Waals surface area (Å²) in [4.78, 5) is 0. The normalized spacial score (nSPS) is 32.0. The van der Waals surface area contributed by atoms with Crippen molar-refractivity contribution in [2.45, 2.75) is 57.0 Å². The molecule has 0 radical (unpaired) electrons. The van der Waals surface area contributed by atoms with Crippen LogP contribution in [0.25, 0.3) is 0 Å². The topological polar surface area (TPSA) is 79.2 Å². The van der Waals surface area contributed by atoms with Gasteiger partial charge in [0.15, 0.2) is 0 Å². The van der Waals surface area contributed by atoms with Gasteiger partial charge in [0.05, 0.1) is 19.8 Å². The highest BCUT2D eigenvalue weighted by molar-refractivity contribution is 4.86. The van der Waals surface area contributed by atoms with Crippen LogP contribution in [-0.4, -0.2) is 59.6 Å². The van der Waals surface area contributed by atoms with Crippen molar-refractivity contribution in [1.82, 2.24) is 0 Å². The number of allylic oxidation sites excluding steroid dienone is 1. The lowest BCUT2D eigenvalue weighted by atomic mass is 10.0. The van der Waals surface area contributed by atoms with Gasteiger partial charge in [-0.2, -0.15) is 0 Å². The first-order valence-electron chi connectivity index (χ1n) is 7.05. The molecule has 1 heterocycles. The highest BCUT2D eigenvalue weighted by atomic mass is 16.6. The lowest BCUT2D eigenvalue weighted by Gasteiger charge is -2.35. The summed E-state index contributed by atoms with van der Waals surface area (Å²) in [7, 11) is 0. The molecule has 1 fully saturated rings. The van der Waals surface area contributed by atoms with Crippen molar-refractivity contribution in [2.24, 2.45) is 0 Å². The molecule has 0 aromatic carbocycles. The predicted octanol–water partition coefficient (Wildman–Crippen LogP) is 0.621. The monoisotopic (exact) mass is 274 g/mol. The number of hydrogen-bond donors (Lipinski definition) is 3. The number of unbranched alkanes of at least 4 members (excludes halogenated alkanes) is 2. The Bertz CT molecular complexity index is 256. The molecule has 1 aliphatic heterocycles. The number of rotatable bonds is 8. The molecule has 112 valence electrons. The summed E-state index contributed by atoms with van der Waals surface area (Å²) in [5.74, 6) is 0. The minimum absolute atomic E-state index is 0.0309. The molecule has 1 aliphatic rings. The summed E-state index contributed by atoms with van der Waals surface area (Å²) in [5.41, 5.74) is 0. The minimum atomic E-state index is -1.16. The van der Waals surface area contributed by atoms with Crippen molar-refractivity contribution in [3.05, 3.63) is 12.2 Å². The van der Waals surface area contributed by atoms with Crippen LogP contribution in [0.15, 0.2) is 12.2 Å². The van der Waals surface area contributed by atoms with Crippen LogP contribution in [0.5, 0.6) is 0 Å². The molecule has 0 aromatic heterocycles. The van der Waals surface area contributed by atoms with E-state index in [1.54, 1.807) is 0 Å². The van der Waals surface area contributed by atoms with Crippen LogP contribution >= 0.6 is 0 Å². The highest BCUT2D eigenvalue weighted by Gasteiger charge is 2.37. The average Bonchev–Trinajstić information content (AvgIpc) is 2.41. The maximum absolute atomic E-state index is 9.68. The van der Waals surface area contributed by atoms with Gasteiger partial charge in [0, 0.05) is 0 Å². The van der Waals surface area contributed by atoms with E-state index >= 15 is 0 Å². The van der Waals surface area contributed by atoms with Crippen molar-refractivity contribution in [2.75, 3.05) is 19.8 Å². The van der Waals surface area contributed by atoms with E-state index in [-0.39, 0.29) is 13.2 Å². The summed E-state index contributed by atoms with van der Waals surface area (Å²) in [6, 6.07) is 0. The first-order chi connectivity index (χ1) is 9.16. The van der Waals surface area contributed by atoms with E-state index in [0.717, 1.165) is 12.8 Å². The molecule has 3 N–H and O–H groups in total. The Kier molecular flexibility index (Phi) is 8.25. The Morgan fingerprint density at radius 3 is 2.63 bits per heavy atom. The molecule has 5 heteroatoms. The fourth-order valence-corrected chi connectivity index (χ4v) is 1.92. The molecule has 1 rings (SSSR count). The molecule has 0 unspecified atom stereocenters. The molecule has 4 atom stereocenters. The van der Waals surface area contributed by atoms with Gasteiger partial charge in [0.2, 0.25) is 0 Å². The first kappa shape index (κ1) is 16.6. The van der Waals surface area contributed by atoms with Crippen molar-refractivity contribution in [3.8, 4) is 0 Å². The van der Waals surface area contributed by atoms with Crippen LogP contribution in [0.2, 0.25) is 0 Å². The van der Waals surface area contributed by atoms with Gasteiger partial charge in [-0.25, -0.2) is 0 Å². The lowest BCUT2D eigenvalue weighted by molar-refractivity contribution is -0.199. The van der Waals surface area contributed by atoms with Gasteiger partial charge in [-0.15, -0.1) is 0 Å². The minimum Gasteiger partial charge on any atom is -0.388 e. The third kappa shape index (κ3) is 6.01. The molecular formula is C14H26O5. The molecule has 0 bridgehead atoms. The van der Waals surface area contributed by atoms with Crippen LogP contribution in [0.4, 0.5) is 0 Å². The molecule has 0 amide bonds. The molecule has 19 heavy (non-hydrogen) atoms. The number of aliphatic hydroxyl groups excluding tert-OH is 3. The zero-order chi connectivity index (χ0) is 14.1. The van der Waals surface area contributed by atoms with E-state index in [1.807, 2.05) is 0 Å². The van der Waals surface area contributed by atoms with Crippen LogP contribution in [0.1, 0.15) is 32.6 Å². The van der Waals surface area contributed by atoms with E-state index in [4.69, 9.17) is 9.47 Å². The van der Waals surface area contributed by atoms with Crippen molar-refractivity contribution < 1.29 is 24.8 Å². The Hall–Kier alpha value is -0.460. The maximum atomic E-state index is 9.68. The van der Waals surface area contributed by atoms with E-state index in [9.17, 15) is 15.3 Å². The number of hydrogen-bond acceptors (Lipinski definition) is 5. The summed E-state index contributed by atoms with van der Waals surface area (Å²) in [5, 5.41) is 28.5. The largest absolute Gasteiger partial charge is 0.388 e. The number of ether oxygens (including phenoxy) is 2. The van der Waals surface area contributed by atoms with Gasteiger partial charge in [0.25, 0.3) is 0 Å².